The molecule has 0 fully saturated rings. The molecule has 0 atom stereocenters. The largest absolute Gasteiger partial charge is 2.00 e. The van der Waals surface area contributed by atoms with Crippen molar-refractivity contribution >= 4 is 54.6 Å². The Bertz CT molecular complexity index is 2700. The summed E-state index contributed by atoms with van der Waals surface area (Å²) in [6.45, 7) is 9.00. The summed E-state index contributed by atoms with van der Waals surface area (Å²) in [6.07, 6.45) is 1.82. The molecule has 0 spiro atoms. The minimum Gasteiger partial charge on any atom is -0.497 e. The van der Waals surface area contributed by atoms with E-state index in [1.807, 2.05) is 48.7 Å². The van der Waals surface area contributed by atoms with Gasteiger partial charge >= 0.3 is 21.1 Å². The van der Waals surface area contributed by atoms with E-state index in [2.05, 4.69) is 111 Å². The first kappa shape index (κ1) is 32.0. The number of nitrogens with zero attached hydrogens (tertiary/aromatic N) is 3. The number of fused-ring (bicyclic) bond motifs is 8. The Morgan fingerprint density at radius 2 is 1.48 bits per heavy atom. The van der Waals surface area contributed by atoms with Crippen molar-refractivity contribution in [1.29, 1.82) is 0 Å². The quantitative estimate of drug-likeness (QED) is 0.124. The maximum atomic E-state index is 6.71. The number of pyridine rings is 1. The summed E-state index contributed by atoms with van der Waals surface area (Å²) < 4.78 is 15.5. The molecule has 3 heterocycles. The molecule has 0 radical (unpaired) electrons. The molecule has 3 aromatic heterocycles. The molecule has 0 saturated heterocycles. The Labute approximate surface area is 304 Å². The average Bonchev–Trinajstić information content (AvgIpc) is 3.71. The van der Waals surface area contributed by atoms with Crippen LogP contribution < -0.4 is 4.74 Å². The predicted molar refractivity (Wildman–Crippen MR) is 199 cm³/mol. The van der Waals surface area contributed by atoms with Crippen molar-refractivity contribution in [3.63, 3.8) is 0 Å². The molecule has 0 saturated carbocycles. The third-order valence-electron chi connectivity index (χ3n) is 9.43. The van der Waals surface area contributed by atoms with E-state index >= 15 is 0 Å². The Kier molecular flexibility index (Phi) is 8.04. The second kappa shape index (κ2) is 12.6. The fourth-order valence-electron chi connectivity index (χ4n) is 7.15. The minimum absolute atomic E-state index is 0. The number of benzene rings is 6. The van der Waals surface area contributed by atoms with Gasteiger partial charge in [0.25, 0.3) is 0 Å². The molecule has 0 aliphatic rings. The van der Waals surface area contributed by atoms with Crippen LogP contribution in [0.5, 0.6) is 11.5 Å². The van der Waals surface area contributed by atoms with Crippen LogP contribution in [0.25, 0.3) is 71.7 Å². The molecule has 5 nitrogen and oxygen atoms in total. The topological polar surface area (TPSA) is 53.1 Å². The van der Waals surface area contributed by atoms with Crippen LogP contribution in [0.2, 0.25) is 0 Å². The fourth-order valence-corrected chi connectivity index (χ4v) is 7.15. The molecule has 50 heavy (non-hydrogen) atoms. The van der Waals surface area contributed by atoms with Crippen LogP contribution >= 0.6 is 0 Å². The number of rotatable bonds is 6. The van der Waals surface area contributed by atoms with E-state index in [4.69, 9.17) is 19.1 Å². The van der Waals surface area contributed by atoms with Gasteiger partial charge in [0.15, 0.2) is 0 Å². The molecule has 0 aliphatic heterocycles. The van der Waals surface area contributed by atoms with Crippen molar-refractivity contribution in [3.8, 4) is 28.6 Å². The maximum absolute atomic E-state index is 6.71. The summed E-state index contributed by atoms with van der Waals surface area (Å²) in [5.41, 5.74) is 8.85. The van der Waals surface area contributed by atoms with Crippen LogP contribution in [0, 0.1) is 12.1 Å². The first-order valence-electron chi connectivity index (χ1n) is 16.8. The van der Waals surface area contributed by atoms with Gasteiger partial charge in [-0.25, -0.2) is 0 Å². The van der Waals surface area contributed by atoms with Crippen molar-refractivity contribution in [2.45, 2.75) is 39.5 Å². The molecule has 0 aliphatic carbocycles. The van der Waals surface area contributed by atoms with Gasteiger partial charge in [-0.15, -0.1) is 29.1 Å². The molecule has 9 rings (SSSR count). The summed E-state index contributed by atoms with van der Waals surface area (Å²) in [5.74, 6) is 2.49. The summed E-state index contributed by atoms with van der Waals surface area (Å²) in [5, 5.41) is 4.95. The first-order chi connectivity index (χ1) is 24.0. The number of hydrogen-bond acceptors (Lipinski definition) is 4. The van der Waals surface area contributed by atoms with Crippen LogP contribution in [-0.2, 0) is 21.1 Å². The molecular weight excluding hydrogens is 798 g/mol. The van der Waals surface area contributed by atoms with Crippen LogP contribution in [0.3, 0.4) is 0 Å². The van der Waals surface area contributed by atoms with Crippen LogP contribution in [0.1, 0.15) is 50.7 Å². The molecule has 0 amide bonds. The summed E-state index contributed by atoms with van der Waals surface area (Å²) in [6, 6.07) is 44.4. The monoisotopic (exact) mass is 830 g/mol. The second-order valence-electron chi connectivity index (χ2n) is 13.2. The van der Waals surface area contributed by atoms with Crippen molar-refractivity contribution < 1.29 is 30.2 Å². The second-order valence-corrected chi connectivity index (χ2v) is 13.2. The molecule has 246 valence electrons. The van der Waals surface area contributed by atoms with Crippen molar-refractivity contribution in [1.82, 2.24) is 14.5 Å². The molecule has 0 unspecified atom stereocenters. The van der Waals surface area contributed by atoms with Gasteiger partial charge < -0.3 is 18.7 Å². The molecule has 6 heteroatoms. The van der Waals surface area contributed by atoms with E-state index in [0.29, 0.717) is 28.9 Å². The van der Waals surface area contributed by atoms with Crippen molar-refractivity contribution in [2.75, 3.05) is 0 Å². The van der Waals surface area contributed by atoms with E-state index in [0.717, 1.165) is 60.5 Å². The van der Waals surface area contributed by atoms with E-state index < -0.39 is 0 Å². The summed E-state index contributed by atoms with van der Waals surface area (Å²) >= 11 is 0. The Morgan fingerprint density at radius 1 is 0.720 bits per heavy atom. The zero-order valence-corrected chi connectivity index (χ0v) is 30.4. The third-order valence-corrected chi connectivity index (χ3v) is 9.43. The zero-order chi connectivity index (χ0) is 33.2. The van der Waals surface area contributed by atoms with E-state index in [1.54, 1.807) is 0 Å². The standard InChI is InChI=1S/C44H33N3O2.Pt/c1-26(2)31-16-10-17-32(27(3)4)42(31)47-37-19-7-6-18-36(37)46-44(47)29-12-9-14-30(24-29)48-39-25-35-33(22-21-28-13-11-23-45-41(28)35)40-34-15-5-8-20-38(34)49-43(39)40;/h5-23,26-27H,1-4H3;/q-2;+2. The number of imidazole rings is 1. The van der Waals surface area contributed by atoms with Gasteiger partial charge in [-0.3, -0.25) is 4.98 Å². The van der Waals surface area contributed by atoms with Gasteiger partial charge in [0, 0.05) is 23.0 Å². The van der Waals surface area contributed by atoms with Crippen molar-refractivity contribution in [3.05, 3.63) is 139 Å². The van der Waals surface area contributed by atoms with E-state index in [-0.39, 0.29) is 21.1 Å². The van der Waals surface area contributed by atoms with E-state index in [9.17, 15) is 0 Å². The Morgan fingerprint density at radius 3 is 2.30 bits per heavy atom. The number of para-hydroxylation sites is 4. The molecule has 0 bridgehead atoms. The number of ether oxygens (including phenoxy) is 1. The predicted octanol–water partition coefficient (Wildman–Crippen LogP) is 11.9. The number of furan rings is 1. The SMILES string of the molecule is CC(C)c1cccc(C(C)C)c1-n1c(-c2[c-]c(Oc3[c-]c4c(ccc5cccnc54)c4c3oc3ccccc34)ccc2)nc2ccccc21.[Pt+2]. The van der Waals surface area contributed by atoms with Gasteiger partial charge in [0.1, 0.15) is 5.58 Å². The van der Waals surface area contributed by atoms with Crippen LogP contribution in [0.4, 0.5) is 0 Å². The number of aromatic nitrogens is 3. The van der Waals surface area contributed by atoms with Gasteiger partial charge in [0.05, 0.1) is 28.2 Å². The third kappa shape index (κ3) is 5.11. The maximum Gasteiger partial charge on any atom is 2.00 e. The van der Waals surface area contributed by atoms with Crippen LogP contribution in [0.15, 0.2) is 120 Å². The van der Waals surface area contributed by atoms with Gasteiger partial charge in [-0.05, 0) is 63.5 Å². The fraction of sp³-hybridized carbons (Fsp3) is 0.136. The van der Waals surface area contributed by atoms with E-state index in [1.165, 1.54) is 16.8 Å². The van der Waals surface area contributed by atoms with Gasteiger partial charge in [0.2, 0.25) is 0 Å². The molecular formula is C44H33N3O2Pt. The zero-order valence-electron chi connectivity index (χ0n) is 28.1. The molecule has 9 aromatic rings. The Balaban J connectivity index is 0.00000361. The van der Waals surface area contributed by atoms with Gasteiger partial charge in [-0.2, -0.15) is 0 Å². The molecule has 0 N–H and O–H groups in total. The average molecular weight is 831 g/mol. The normalized spacial score (nSPS) is 11.8. The smallest absolute Gasteiger partial charge is 0.497 e. The Hall–Kier alpha value is -5.25. The van der Waals surface area contributed by atoms with Crippen LogP contribution in [-0.4, -0.2) is 14.5 Å². The van der Waals surface area contributed by atoms with Crippen molar-refractivity contribution in [2.24, 2.45) is 0 Å². The number of hydrogen-bond donors (Lipinski definition) is 0. The van der Waals surface area contributed by atoms with Gasteiger partial charge in [-0.1, -0.05) is 112 Å². The molecule has 6 aromatic carbocycles. The first-order valence-corrected chi connectivity index (χ1v) is 16.8. The summed E-state index contributed by atoms with van der Waals surface area (Å²) in [4.78, 5) is 9.95. The summed E-state index contributed by atoms with van der Waals surface area (Å²) in [7, 11) is 0. The minimum atomic E-state index is 0.